The van der Waals surface area contributed by atoms with Crippen molar-refractivity contribution in [3.05, 3.63) is 36.4 Å². The van der Waals surface area contributed by atoms with Crippen LogP contribution in [0.4, 0.5) is 5.82 Å². The van der Waals surface area contributed by atoms with Crippen molar-refractivity contribution in [3.63, 3.8) is 0 Å². The molecule has 0 aliphatic carbocycles. The predicted molar refractivity (Wildman–Crippen MR) is 67.2 cm³/mol. The molecule has 0 unspecified atom stereocenters. The van der Waals surface area contributed by atoms with Gasteiger partial charge in [0.05, 0.1) is 19.9 Å². The summed E-state index contributed by atoms with van der Waals surface area (Å²) < 4.78 is 10.5. The first-order valence-electron chi connectivity index (χ1n) is 5.19. The van der Waals surface area contributed by atoms with E-state index < -0.39 is 0 Å². The van der Waals surface area contributed by atoms with E-state index in [1.807, 2.05) is 30.3 Å². The number of aromatic nitrogens is 1. The molecule has 1 aromatic heterocycles. The molecule has 0 radical (unpaired) electrons. The fraction of sp³-hybridized carbons (Fsp3) is 0.154. The van der Waals surface area contributed by atoms with Gasteiger partial charge in [-0.25, -0.2) is 4.98 Å². The summed E-state index contributed by atoms with van der Waals surface area (Å²) in [5.41, 5.74) is 7.30. The first-order chi connectivity index (χ1) is 8.24. The van der Waals surface area contributed by atoms with Crippen molar-refractivity contribution in [2.75, 3.05) is 20.0 Å². The highest BCUT2D eigenvalue weighted by molar-refractivity contribution is 5.70. The quantitative estimate of drug-likeness (QED) is 0.879. The Hall–Kier alpha value is -2.23. The molecule has 0 aliphatic rings. The summed E-state index contributed by atoms with van der Waals surface area (Å²) in [5.74, 6) is 1.97. The molecular weight excluding hydrogens is 216 g/mol. The van der Waals surface area contributed by atoms with Crippen LogP contribution >= 0.6 is 0 Å². The smallest absolute Gasteiger partial charge is 0.128 e. The van der Waals surface area contributed by atoms with Gasteiger partial charge in [-0.3, -0.25) is 0 Å². The lowest BCUT2D eigenvalue weighted by molar-refractivity contribution is 0.404. The zero-order valence-corrected chi connectivity index (χ0v) is 9.81. The summed E-state index contributed by atoms with van der Waals surface area (Å²) in [6.07, 6.45) is 0. The lowest BCUT2D eigenvalue weighted by Gasteiger charge is -2.10. The molecule has 4 heteroatoms. The van der Waals surface area contributed by atoms with Crippen LogP contribution in [0, 0.1) is 0 Å². The molecule has 4 nitrogen and oxygen atoms in total. The van der Waals surface area contributed by atoms with Gasteiger partial charge in [0.25, 0.3) is 0 Å². The van der Waals surface area contributed by atoms with Crippen LogP contribution in [0.5, 0.6) is 11.5 Å². The second kappa shape index (κ2) is 4.74. The van der Waals surface area contributed by atoms with Gasteiger partial charge in [-0.15, -0.1) is 0 Å². The van der Waals surface area contributed by atoms with Crippen LogP contribution in [-0.4, -0.2) is 19.2 Å². The Morgan fingerprint density at radius 2 is 1.88 bits per heavy atom. The molecule has 17 heavy (non-hydrogen) atoms. The zero-order chi connectivity index (χ0) is 12.3. The van der Waals surface area contributed by atoms with Crippen LogP contribution in [0.25, 0.3) is 11.3 Å². The number of nitrogens with two attached hydrogens (primary N) is 1. The number of nitrogen functional groups attached to an aromatic ring is 1. The van der Waals surface area contributed by atoms with Crippen LogP contribution in [-0.2, 0) is 0 Å². The van der Waals surface area contributed by atoms with E-state index in [0.29, 0.717) is 5.82 Å². The Bertz CT molecular complexity index is 527. The summed E-state index contributed by atoms with van der Waals surface area (Å²) >= 11 is 0. The lowest BCUT2D eigenvalue weighted by atomic mass is 10.1. The van der Waals surface area contributed by atoms with Crippen molar-refractivity contribution >= 4 is 5.82 Å². The normalized spacial score (nSPS) is 10.0. The van der Waals surface area contributed by atoms with Crippen molar-refractivity contribution in [2.45, 2.75) is 0 Å². The van der Waals surface area contributed by atoms with Crippen LogP contribution < -0.4 is 15.2 Å². The van der Waals surface area contributed by atoms with Crippen molar-refractivity contribution in [1.82, 2.24) is 4.98 Å². The summed E-state index contributed by atoms with van der Waals surface area (Å²) in [6, 6.07) is 11.1. The first-order valence-corrected chi connectivity index (χ1v) is 5.19. The molecule has 0 bridgehead atoms. The largest absolute Gasteiger partial charge is 0.497 e. The monoisotopic (exact) mass is 230 g/mol. The highest BCUT2D eigenvalue weighted by Gasteiger charge is 2.08. The molecule has 0 fully saturated rings. The van der Waals surface area contributed by atoms with Gasteiger partial charge in [-0.1, -0.05) is 6.07 Å². The van der Waals surface area contributed by atoms with Gasteiger partial charge in [-0.2, -0.15) is 0 Å². The van der Waals surface area contributed by atoms with Crippen molar-refractivity contribution in [2.24, 2.45) is 0 Å². The van der Waals surface area contributed by atoms with Crippen LogP contribution in [0.3, 0.4) is 0 Å². The fourth-order valence-electron chi connectivity index (χ4n) is 1.62. The number of nitrogens with zero attached hydrogens (tertiary/aromatic N) is 1. The minimum Gasteiger partial charge on any atom is -0.497 e. The third-order valence-corrected chi connectivity index (χ3v) is 2.45. The molecule has 0 atom stereocenters. The highest BCUT2D eigenvalue weighted by Crippen LogP contribution is 2.32. The average molecular weight is 230 g/mol. The SMILES string of the molecule is COc1ccc(OC)c(-c2cccc(N)n2)c1. The molecule has 2 rings (SSSR count). The Kier molecular flexibility index (Phi) is 3.14. The van der Waals surface area contributed by atoms with Gasteiger partial charge in [0.2, 0.25) is 0 Å². The molecule has 0 amide bonds. The van der Waals surface area contributed by atoms with E-state index in [2.05, 4.69) is 4.98 Å². The highest BCUT2D eigenvalue weighted by atomic mass is 16.5. The third kappa shape index (κ3) is 2.30. The lowest BCUT2D eigenvalue weighted by Crippen LogP contribution is -1.94. The maximum absolute atomic E-state index is 5.67. The molecule has 0 saturated heterocycles. The minimum absolute atomic E-state index is 0.479. The molecular formula is C13H14N2O2. The van der Waals surface area contributed by atoms with E-state index in [1.165, 1.54) is 0 Å². The second-order valence-electron chi connectivity index (χ2n) is 3.51. The summed E-state index contributed by atoms with van der Waals surface area (Å²) in [5, 5.41) is 0. The standard InChI is InChI=1S/C13H14N2O2/c1-16-9-6-7-12(17-2)10(8-9)11-4-3-5-13(14)15-11/h3-8H,1-2H3,(H2,14,15). The van der Waals surface area contributed by atoms with Crippen molar-refractivity contribution in [3.8, 4) is 22.8 Å². The van der Waals surface area contributed by atoms with E-state index in [0.717, 1.165) is 22.8 Å². The van der Waals surface area contributed by atoms with Gasteiger partial charge in [0.15, 0.2) is 0 Å². The first kappa shape index (κ1) is 11.3. The van der Waals surface area contributed by atoms with Crippen LogP contribution in [0.1, 0.15) is 0 Å². The van der Waals surface area contributed by atoms with Crippen molar-refractivity contribution < 1.29 is 9.47 Å². The Balaban J connectivity index is 2.56. The number of hydrogen-bond donors (Lipinski definition) is 1. The number of hydrogen-bond acceptors (Lipinski definition) is 4. The number of rotatable bonds is 3. The zero-order valence-electron chi connectivity index (χ0n) is 9.81. The number of benzene rings is 1. The maximum atomic E-state index is 5.67. The van der Waals surface area contributed by atoms with Crippen molar-refractivity contribution in [1.29, 1.82) is 0 Å². The van der Waals surface area contributed by atoms with E-state index in [-0.39, 0.29) is 0 Å². The van der Waals surface area contributed by atoms with Gasteiger partial charge in [0.1, 0.15) is 17.3 Å². The van der Waals surface area contributed by atoms with Crippen LogP contribution in [0.2, 0.25) is 0 Å². The van der Waals surface area contributed by atoms with Crippen LogP contribution in [0.15, 0.2) is 36.4 Å². The van der Waals surface area contributed by atoms with E-state index in [1.54, 1.807) is 20.3 Å². The third-order valence-electron chi connectivity index (χ3n) is 2.45. The van der Waals surface area contributed by atoms with Gasteiger partial charge in [0, 0.05) is 5.56 Å². The maximum Gasteiger partial charge on any atom is 0.128 e. The molecule has 2 N–H and O–H groups in total. The summed E-state index contributed by atoms with van der Waals surface area (Å²) in [6.45, 7) is 0. The number of anilines is 1. The predicted octanol–water partition coefficient (Wildman–Crippen LogP) is 2.35. The summed E-state index contributed by atoms with van der Waals surface area (Å²) in [4.78, 5) is 4.27. The minimum atomic E-state index is 0.479. The Morgan fingerprint density at radius 3 is 2.53 bits per heavy atom. The molecule has 88 valence electrons. The van der Waals surface area contributed by atoms with Gasteiger partial charge in [-0.05, 0) is 30.3 Å². The topological polar surface area (TPSA) is 57.4 Å². The fourth-order valence-corrected chi connectivity index (χ4v) is 1.62. The molecule has 0 aliphatic heterocycles. The molecule has 0 saturated carbocycles. The molecule has 2 aromatic rings. The molecule has 0 spiro atoms. The molecule has 1 heterocycles. The number of methoxy groups -OCH3 is 2. The second-order valence-corrected chi connectivity index (χ2v) is 3.51. The Morgan fingerprint density at radius 1 is 1.06 bits per heavy atom. The van der Waals surface area contributed by atoms with E-state index in [9.17, 15) is 0 Å². The van der Waals surface area contributed by atoms with Gasteiger partial charge >= 0.3 is 0 Å². The van der Waals surface area contributed by atoms with E-state index in [4.69, 9.17) is 15.2 Å². The summed E-state index contributed by atoms with van der Waals surface area (Å²) in [7, 11) is 3.25. The average Bonchev–Trinajstić information content (AvgIpc) is 2.38. The van der Waals surface area contributed by atoms with Gasteiger partial charge < -0.3 is 15.2 Å². The Labute approximate surface area is 100 Å². The van der Waals surface area contributed by atoms with E-state index >= 15 is 0 Å². The number of pyridine rings is 1. The molecule has 1 aromatic carbocycles. The number of ether oxygens (including phenoxy) is 2.